The van der Waals surface area contributed by atoms with Gasteiger partial charge in [0.05, 0.1) is 12.5 Å². The Kier molecular flexibility index (Phi) is 4.41. The smallest absolute Gasteiger partial charge is 0.325 e. The Labute approximate surface area is 170 Å². The highest BCUT2D eigenvalue weighted by molar-refractivity contribution is 6.12. The van der Waals surface area contributed by atoms with Crippen molar-refractivity contribution in [1.29, 1.82) is 0 Å². The number of nitrogens with one attached hydrogen (secondary N) is 2. The normalized spacial score (nSPS) is 22.7. The topological polar surface area (TPSA) is 95.6 Å². The molecule has 0 bridgehead atoms. The molecule has 2 aliphatic heterocycles. The average Bonchev–Trinajstić information content (AvgIpc) is 3.11. The van der Waals surface area contributed by atoms with E-state index in [1.54, 1.807) is 19.1 Å². The second kappa shape index (κ2) is 6.72. The quantitative estimate of drug-likeness (QED) is 0.595. The minimum absolute atomic E-state index is 0.184. The largest absolute Gasteiger partial charge is 0.325 e. The van der Waals surface area contributed by atoms with Crippen molar-refractivity contribution < 1.29 is 28.0 Å². The Morgan fingerprint density at radius 2 is 1.87 bits per heavy atom. The van der Waals surface area contributed by atoms with E-state index in [4.69, 9.17) is 0 Å². The molecular formula is C21H17F2N3O4. The van der Waals surface area contributed by atoms with Crippen molar-refractivity contribution in [3.05, 3.63) is 64.7 Å². The number of halogens is 2. The summed E-state index contributed by atoms with van der Waals surface area (Å²) < 4.78 is 27.8. The van der Waals surface area contributed by atoms with Gasteiger partial charge in [-0.15, -0.1) is 0 Å². The zero-order chi connectivity index (χ0) is 21.8. The van der Waals surface area contributed by atoms with Crippen molar-refractivity contribution in [2.45, 2.75) is 25.3 Å². The van der Waals surface area contributed by atoms with Crippen LogP contribution in [0.2, 0.25) is 0 Å². The Balaban J connectivity index is 1.59. The van der Waals surface area contributed by atoms with Gasteiger partial charge in [-0.3, -0.25) is 19.3 Å². The van der Waals surface area contributed by atoms with Crippen LogP contribution in [-0.4, -0.2) is 35.1 Å². The van der Waals surface area contributed by atoms with E-state index in [9.17, 15) is 28.0 Å². The molecule has 30 heavy (non-hydrogen) atoms. The van der Waals surface area contributed by atoms with Gasteiger partial charge in [-0.25, -0.2) is 13.6 Å². The zero-order valence-electron chi connectivity index (χ0n) is 16.1. The van der Waals surface area contributed by atoms with Crippen LogP contribution in [0.5, 0.6) is 0 Å². The summed E-state index contributed by atoms with van der Waals surface area (Å²) in [5.41, 5.74) is -0.690. The van der Waals surface area contributed by atoms with Crippen molar-refractivity contribution in [3.63, 3.8) is 0 Å². The standard InChI is InChI=1S/C21H17F2N3O4/c1-10-13-7-11(3-6-16(13)24-18(10)28)17(27)9-26-19(29)21(2,25-20(26)30)14-8-12(22)4-5-15(14)23/h3-8,10H,9H2,1-2H3,(H,24,28)(H,25,30)/t10-,21-/m1/s1. The molecule has 0 aromatic heterocycles. The molecule has 2 heterocycles. The van der Waals surface area contributed by atoms with Crippen LogP contribution in [0.1, 0.15) is 41.3 Å². The highest BCUT2D eigenvalue weighted by Gasteiger charge is 2.50. The lowest BCUT2D eigenvalue weighted by Crippen LogP contribution is -2.42. The number of imide groups is 1. The molecule has 4 rings (SSSR count). The summed E-state index contributed by atoms with van der Waals surface area (Å²) in [6.07, 6.45) is 0. The fourth-order valence-electron chi connectivity index (χ4n) is 3.73. The van der Waals surface area contributed by atoms with Gasteiger partial charge in [0.1, 0.15) is 17.2 Å². The molecule has 2 aromatic rings. The number of amides is 4. The third-order valence-electron chi connectivity index (χ3n) is 5.53. The fraction of sp³-hybridized carbons (Fsp3) is 0.238. The summed E-state index contributed by atoms with van der Waals surface area (Å²) in [6, 6.07) is 6.34. The Hall–Kier alpha value is -3.62. The maximum atomic E-state index is 14.2. The van der Waals surface area contributed by atoms with Gasteiger partial charge in [0.2, 0.25) is 5.91 Å². The number of rotatable bonds is 4. The molecule has 0 aliphatic carbocycles. The van der Waals surface area contributed by atoms with E-state index in [0.29, 0.717) is 16.2 Å². The molecule has 1 fully saturated rings. The van der Waals surface area contributed by atoms with E-state index < -0.39 is 47.4 Å². The van der Waals surface area contributed by atoms with Crippen LogP contribution in [0.3, 0.4) is 0 Å². The van der Waals surface area contributed by atoms with Gasteiger partial charge in [-0.05, 0) is 55.8 Å². The molecule has 0 radical (unpaired) electrons. The number of nitrogens with zero attached hydrogens (tertiary/aromatic N) is 1. The van der Waals surface area contributed by atoms with Crippen LogP contribution in [0.15, 0.2) is 36.4 Å². The van der Waals surface area contributed by atoms with Crippen LogP contribution in [0, 0.1) is 11.6 Å². The molecule has 9 heteroatoms. The number of Topliss-reactive ketones (excluding diaryl/α,β-unsaturated/α-hetero) is 1. The van der Waals surface area contributed by atoms with Gasteiger partial charge < -0.3 is 10.6 Å². The second-order valence-electron chi connectivity index (χ2n) is 7.51. The minimum Gasteiger partial charge on any atom is -0.325 e. The van der Waals surface area contributed by atoms with E-state index in [0.717, 1.165) is 18.2 Å². The number of urea groups is 1. The lowest BCUT2D eigenvalue weighted by atomic mass is 9.91. The number of carbonyl (C=O) groups excluding carboxylic acids is 4. The van der Waals surface area contributed by atoms with E-state index in [1.165, 1.54) is 13.0 Å². The minimum atomic E-state index is -1.84. The summed E-state index contributed by atoms with van der Waals surface area (Å²) in [4.78, 5) is 50.5. The van der Waals surface area contributed by atoms with Crippen LogP contribution in [0.4, 0.5) is 19.3 Å². The van der Waals surface area contributed by atoms with Gasteiger partial charge >= 0.3 is 6.03 Å². The molecule has 4 amide bonds. The molecule has 0 saturated carbocycles. The van der Waals surface area contributed by atoms with Gasteiger partial charge in [-0.2, -0.15) is 0 Å². The number of hydrogen-bond donors (Lipinski definition) is 2. The molecule has 2 atom stereocenters. The maximum absolute atomic E-state index is 14.2. The van der Waals surface area contributed by atoms with Crippen molar-refractivity contribution in [1.82, 2.24) is 10.2 Å². The molecule has 1 saturated heterocycles. The second-order valence-corrected chi connectivity index (χ2v) is 7.51. The third kappa shape index (κ3) is 2.94. The lowest BCUT2D eigenvalue weighted by molar-refractivity contribution is -0.130. The van der Waals surface area contributed by atoms with Crippen molar-refractivity contribution in [2.75, 3.05) is 11.9 Å². The summed E-state index contributed by atoms with van der Waals surface area (Å²) in [7, 11) is 0. The van der Waals surface area contributed by atoms with Gasteiger partial charge in [0.15, 0.2) is 5.78 Å². The number of benzene rings is 2. The molecule has 2 aromatic carbocycles. The molecule has 2 N–H and O–H groups in total. The zero-order valence-corrected chi connectivity index (χ0v) is 16.1. The van der Waals surface area contributed by atoms with Crippen molar-refractivity contribution in [3.8, 4) is 0 Å². The predicted octanol–water partition coefficient (Wildman–Crippen LogP) is 2.67. The van der Waals surface area contributed by atoms with Gasteiger partial charge in [0.25, 0.3) is 5.91 Å². The first-order valence-corrected chi connectivity index (χ1v) is 9.19. The first kappa shape index (κ1) is 19.7. The maximum Gasteiger partial charge on any atom is 0.325 e. The Morgan fingerprint density at radius 3 is 2.60 bits per heavy atom. The lowest BCUT2D eigenvalue weighted by Gasteiger charge is -2.22. The SMILES string of the molecule is C[C@H]1C(=O)Nc2ccc(C(=O)CN3C(=O)N[C@](C)(c4cc(F)ccc4F)C3=O)cc21. The first-order valence-electron chi connectivity index (χ1n) is 9.19. The Morgan fingerprint density at radius 1 is 1.13 bits per heavy atom. The summed E-state index contributed by atoms with van der Waals surface area (Å²) in [5, 5.41) is 5.04. The number of carbonyl (C=O) groups is 4. The first-order chi connectivity index (χ1) is 14.1. The van der Waals surface area contributed by atoms with E-state index in [-0.39, 0.29) is 17.0 Å². The third-order valence-corrected chi connectivity index (χ3v) is 5.53. The van der Waals surface area contributed by atoms with Gasteiger partial charge in [-0.1, -0.05) is 0 Å². The van der Waals surface area contributed by atoms with Crippen LogP contribution in [0.25, 0.3) is 0 Å². The summed E-state index contributed by atoms with van der Waals surface area (Å²) in [6.45, 7) is 2.38. The van der Waals surface area contributed by atoms with Crippen LogP contribution in [-0.2, 0) is 15.1 Å². The number of hydrogen-bond acceptors (Lipinski definition) is 4. The average molecular weight is 413 g/mol. The monoisotopic (exact) mass is 413 g/mol. The summed E-state index contributed by atoms with van der Waals surface area (Å²) >= 11 is 0. The Bertz CT molecular complexity index is 1130. The van der Waals surface area contributed by atoms with E-state index in [1.807, 2.05) is 0 Å². The number of ketones is 1. The molecular weight excluding hydrogens is 396 g/mol. The van der Waals surface area contributed by atoms with Crippen LogP contribution < -0.4 is 10.6 Å². The number of fused-ring (bicyclic) bond motifs is 1. The molecule has 7 nitrogen and oxygen atoms in total. The van der Waals surface area contributed by atoms with Gasteiger partial charge in [0, 0.05) is 16.8 Å². The molecule has 154 valence electrons. The van der Waals surface area contributed by atoms with E-state index >= 15 is 0 Å². The predicted molar refractivity (Wildman–Crippen MR) is 102 cm³/mol. The molecule has 0 unspecified atom stereocenters. The number of anilines is 1. The highest BCUT2D eigenvalue weighted by atomic mass is 19.1. The van der Waals surface area contributed by atoms with Crippen molar-refractivity contribution >= 4 is 29.3 Å². The van der Waals surface area contributed by atoms with E-state index in [2.05, 4.69) is 10.6 Å². The van der Waals surface area contributed by atoms with Crippen LogP contribution >= 0.6 is 0 Å². The fourth-order valence-corrected chi connectivity index (χ4v) is 3.73. The highest BCUT2D eigenvalue weighted by Crippen LogP contribution is 2.34. The molecule has 0 spiro atoms. The van der Waals surface area contributed by atoms with Crippen molar-refractivity contribution in [2.24, 2.45) is 0 Å². The molecule has 2 aliphatic rings. The summed E-state index contributed by atoms with van der Waals surface area (Å²) in [5.74, 6) is -3.63.